The lowest BCUT2D eigenvalue weighted by atomic mass is 10.1. The molecule has 0 bridgehead atoms. The standard InChI is InChI=1S/C12H15BrN2O3/c1-3-15(8(2)6-11(16)17)12(18)9-4-5-14-10(13)7-9/h4-5,7-8H,3,6H2,1-2H3,(H,16,17). The molecule has 6 heteroatoms. The number of carbonyl (C=O) groups excluding carboxylic acids is 1. The zero-order valence-corrected chi connectivity index (χ0v) is 11.8. The quantitative estimate of drug-likeness (QED) is 0.846. The van der Waals surface area contributed by atoms with Crippen LogP contribution < -0.4 is 0 Å². The van der Waals surface area contributed by atoms with Gasteiger partial charge in [0.2, 0.25) is 0 Å². The molecule has 0 saturated heterocycles. The number of hydrogen-bond acceptors (Lipinski definition) is 3. The van der Waals surface area contributed by atoms with Crippen molar-refractivity contribution in [2.75, 3.05) is 6.54 Å². The average Bonchev–Trinajstić information content (AvgIpc) is 2.28. The third-order valence-corrected chi connectivity index (χ3v) is 3.01. The summed E-state index contributed by atoms with van der Waals surface area (Å²) in [5, 5.41) is 8.77. The van der Waals surface area contributed by atoms with E-state index >= 15 is 0 Å². The average molecular weight is 315 g/mol. The first-order chi connectivity index (χ1) is 8.45. The Morgan fingerprint density at radius 3 is 2.72 bits per heavy atom. The van der Waals surface area contributed by atoms with Crippen molar-refractivity contribution in [3.63, 3.8) is 0 Å². The number of hydrogen-bond donors (Lipinski definition) is 1. The minimum atomic E-state index is -0.912. The molecule has 1 atom stereocenters. The highest BCUT2D eigenvalue weighted by molar-refractivity contribution is 9.10. The molecule has 0 spiro atoms. The first-order valence-corrected chi connectivity index (χ1v) is 6.39. The van der Waals surface area contributed by atoms with Crippen LogP contribution in [-0.2, 0) is 4.79 Å². The highest BCUT2D eigenvalue weighted by Gasteiger charge is 2.22. The molecule has 0 aliphatic rings. The lowest BCUT2D eigenvalue weighted by molar-refractivity contribution is -0.138. The predicted octanol–water partition coefficient (Wildman–Crippen LogP) is 2.17. The van der Waals surface area contributed by atoms with Gasteiger partial charge in [0, 0.05) is 24.3 Å². The van der Waals surface area contributed by atoms with Crippen LogP contribution in [0.25, 0.3) is 0 Å². The molecule has 0 radical (unpaired) electrons. The van der Waals surface area contributed by atoms with Gasteiger partial charge in [-0.25, -0.2) is 4.98 Å². The smallest absolute Gasteiger partial charge is 0.305 e. The third kappa shape index (κ3) is 3.80. The normalized spacial score (nSPS) is 11.9. The Balaban J connectivity index is 2.88. The first-order valence-electron chi connectivity index (χ1n) is 5.60. The molecule has 1 N–H and O–H groups in total. The molecule has 1 amide bonds. The summed E-state index contributed by atoms with van der Waals surface area (Å²) in [5.41, 5.74) is 0.496. The Hall–Kier alpha value is -1.43. The highest BCUT2D eigenvalue weighted by Crippen LogP contribution is 2.13. The molecule has 18 heavy (non-hydrogen) atoms. The highest BCUT2D eigenvalue weighted by atomic mass is 79.9. The number of pyridine rings is 1. The number of aliphatic carboxylic acids is 1. The third-order valence-electron chi connectivity index (χ3n) is 2.58. The summed E-state index contributed by atoms with van der Waals surface area (Å²) in [4.78, 5) is 28.4. The van der Waals surface area contributed by atoms with E-state index in [1.165, 1.54) is 11.1 Å². The summed E-state index contributed by atoms with van der Waals surface area (Å²) in [6.45, 7) is 4.02. The van der Waals surface area contributed by atoms with E-state index in [0.717, 1.165) is 0 Å². The summed E-state index contributed by atoms with van der Waals surface area (Å²) in [6, 6.07) is 2.90. The molecule has 0 aliphatic heterocycles. The fourth-order valence-electron chi connectivity index (χ4n) is 1.72. The fourth-order valence-corrected chi connectivity index (χ4v) is 2.08. The van der Waals surface area contributed by atoms with Crippen molar-refractivity contribution in [3.8, 4) is 0 Å². The minimum absolute atomic E-state index is 0.0637. The lowest BCUT2D eigenvalue weighted by Gasteiger charge is -2.27. The maximum Gasteiger partial charge on any atom is 0.305 e. The van der Waals surface area contributed by atoms with Crippen LogP contribution in [0.4, 0.5) is 0 Å². The summed E-state index contributed by atoms with van der Waals surface area (Å²) in [6.07, 6.45) is 1.47. The Morgan fingerprint density at radius 1 is 1.56 bits per heavy atom. The maximum atomic E-state index is 12.2. The molecule has 5 nitrogen and oxygen atoms in total. The van der Waals surface area contributed by atoms with E-state index in [1.807, 2.05) is 6.92 Å². The number of nitrogens with zero attached hydrogens (tertiary/aromatic N) is 2. The monoisotopic (exact) mass is 314 g/mol. The van der Waals surface area contributed by atoms with Crippen LogP contribution in [0.1, 0.15) is 30.6 Å². The Labute approximate surface area is 114 Å². The Morgan fingerprint density at radius 2 is 2.22 bits per heavy atom. The second-order valence-corrected chi connectivity index (χ2v) is 4.72. The van der Waals surface area contributed by atoms with E-state index in [4.69, 9.17) is 5.11 Å². The van der Waals surface area contributed by atoms with E-state index in [9.17, 15) is 9.59 Å². The molecule has 1 unspecified atom stereocenters. The van der Waals surface area contributed by atoms with E-state index in [-0.39, 0.29) is 18.4 Å². The van der Waals surface area contributed by atoms with Gasteiger partial charge in [-0.2, -0.15) is 0 Å². The van der Waals surface area contributed by atoms with Crippen molar-refractivity contribution < 1.29 is 14.7 Å². The number of aromatic nitrogens is 1. The molecular formula is C12H15BrN2O3. The van der Waals surface area contributed by atoms with E-state index < -0.39 is 5.97 Å². The zero-order chi connectivity index (χ0) is 13.7. The molecule has 0 aromatic carbocycles. The van der Waals surface area contributed by atoms with Gasteiger partial charge >= 0.3 is 5.97 Å². The maximum absolute atomic E-state index is 12.2. The minimum Gasteiger partial charge on any atom is -0.481 e. The van der Waals surface area contributed by atoms with Crippen LogP contribution >= 0.6 is 15.9 Å². The van der Waals surface area contributed by atoms with Gasteiger partial charge < -0.3 is 10.0 Å². The van der Waals surface area contributed by atoms with Gasteiger partial charge in [-0.05, 0) is 41.9 Å². The van der Waals surface area contributed by atoms with Gasteiger partial charge in [-0.1, -0.05) is 0 Å². The van der Waals surface area contributed by atoms with E-state index in [1.54, 1.807) is 19.1 Å². The molecular weight excluding hydrogens is 300 g/mol. The first kappa shape index (κ1) is 14.6. The molecule has 98 valence electrons. The van der Waals surface area contributed by atoms with Gasteiger partial charge in [-0.3, -0.25) is 9.59 Å². The number of carboxylic acids is 1. The Kier molecular flexibility index (Phi) is 5.27. The van der Waals surface area contributed by atoms with Crippen LogP contribution in [0.15, 0.2) is 22.9 Å². The topological polar surface area (TPSA) is 70.5 Å². The van der Waals surface area contributed by atoms with Gasteiger partial charge in [0.1, 0.15) is 4.60 Å². The lowest BCUT2D eigenvalue weighted by Crippen LogP contribution is -2.39. The van der Waals surface area contributed by atoms with Gasteiger partial charge in [0.15, 0.2) is 0 Å². The van der Waals surface area contributed by atoms with Crippen molar-refractivity contribution in [1.82, 2.24) is 9.88 Å². The van der Waals surface area contributed by atoms with Crippen LogP contribution in [0, 0.1) is 0 Å². The van der Waals surface area contributed by atoms with Crippen LogP contribution in [0.3, 0.4) is 0 Å². The van der Waals surface area contributed by atoms with E-state index in [2.05, 4.69) is 20.9 Å². The zero-order valence-electron chi connectivity index (χ0n) is 10.3. The van der Waals surface area contributed by atoms with Crippen molar-refractivity contribution in [2.45, 2.75) is 26.3 Å². The Bertz CT molecular complexity index is 451. The van der Waals surface area contributed by atoms with Crippen LogP contribution in [-0.4, -0.2) is 39.5 Å². The number of rotatable bonds is 5. The molecule has 0 saturated carbocycles. The second kappa shape index (κ2) is 6.49. The van der Waals surface area contributed by atoms with Gasteiger partial charge in [0.25, 0.3) is 5.91 Å². The summed E-state index contributed by atoms with van der Waals surface area (Å²) >= 11 is 3.20. The molecule has 1 aromatic rings. The summed E-state index contributed by atoms with van der Waals surface area (Å²) in [5.74, 6) is -1.10. The molecule has 0 aliphatic carbocycles. The van der Waals surface area contributed by atoms with E-state index in [0.29, 0.717) is 16.7 Å². The molecule has 0 fully saturated rings. The summed E-state index contributed by atoms with van der Waals surface area (Å²) in [7, 11) is 0. The van der Waals surface area contributed by atoms with Crippen molar-refractivity contribution in [2.24, 2.45) is 0 Å². The number of carbonyl (C=O) groups is 2. The molecule has 1 rings (SSSR count). The van der Waals surface area contributed by atoms with Crippen molar-refractivity contribution in [3.05, 3.63) is 28.5 Å². The van der Waals surface area contributed by atoms with Crippen molar-refractivity contribution in [1.29, 1.82) is 0 Å². The van der Waals surface area contributed by atoms with Crippen LogP contribution in [0.5, 0.6) is 0 Å². The van der Waals surface area contributed by atoms with Gasteiger partial charge in [-0.15, -0.1) is 0 Å². The molecule has 1 aromatic heterocycles. The van der Waals surface area contributed by atoms with Crippen LogP contribution in [0.2, 0.25) is 0 Å². The second-order valence-electron chi connectivity index (χ2n) is 3.91. The number of amides is 1. The predicted molar refractivity (Wildman–Crippen MR) is 70.4 cm³/mol. The SMILES string of the molecule is CCN(C(=O)c1ccnc(Br)c1)C(C)CC(=O)O. The number of carboxylic acid groups (broad SMARTS) is 1. The fraction of sp³-hybridized carbons (Fsp3) is 0.417. The van der Waals surface area contributed by atoms with Gasteiger partial charge in [0.05, 0.1) is 6.42 Å². The molecule has 1 heterocycles. The van der Waals surface area contributed by atoms with Crippen molar-refractivity contribution >= 4 is 27.8 Å². The summed E-state index contributed by atoms with van der Waals surface area (Å²) < 4.78 is 0.579. The number of halogens is 1. The largest absolute Gasteiger partial charge is 0.481 e.